The van der Waals surface area contributed by atoms with Gasteiger partial charge >= 0.3 is 0 Å². The van der Waals surface area contributed by atoms with Gasteiger partial charge in [-0.3, -0.25) is 4.79 Å². The van der Waals surface area contributed by atoms with Gasteiger partial charge in [0.05, 0.1) is 19.9 Å². The van der Waals surface area contributed by atoms with E-state index in [4.69, 9.17) is 9.47 Å². The van der Waals surface area contributed by atoms with Crippen LogP contribution in [0.25, 0.3) is 11.3 Å². The normalized spacial score (nSPS) is 10.5. The highest BCUT2D eigenvalue weighted by Crippen LogP contribution is 2.27. The Labute approximate surface area is 144 Å². The average molecular weight is 338 g/mol. The Kier molecular flexibility index (Phi) is 4.70. The molecule has 0 amide bonds. The lowest BCUT2D eigenvalue weighted by Crippen LogP contribution is -2.15. The van der Waals surface area contributed by atoms with Crippen LogP contribution < -0.4 is 15.0 Å². The number of nitrogens with zero attached hydrogens (tertiary/aromatic N) is 1. The number of rotatable bonds is 5. The zero-order chi connectivity index (χ0) is 17.8. The molecule has 2 N–H and O–H groups in total. The first-order valence-corrected chi connectivity index (χ1v) is 7.69. The van der Waals surface area contributed by atoms with Crippen LogP contribution in [0.1, 0.15) is 11.1 Å². The fourth-order valence-corrected chi connectivity index (χ4v) is 2.54. The van der Waals surface area contributed by atoms with Crippen molar-refractivity contribution in [1.29, 1.82) is 0 Å². The molecule has 0 saturated carbocycles. The van der Waals surface area contributed by atoms with Crippen LogP contribution in [0.15, 0.2) is 53.3 Å². The van der Waals surface area contributed by atoms with E-state index >= 15 is 0 Å². The van der Waals surface area contributed by atoms with Crippen molar-refractivity contribution >= 4 is 0 Å². The Morgan fingerprint density at radius 3 is 2.48 bits per heavy atom. The fourth-order valence-electron chi connectivity index (χ4n) is 2.54. The molecule has 1 heterocycles. The van der Waals surface area contributed by atoms with Gasteiger partial charge in [0, 0.05) is 17.5 Å². The summed E-state index contributed by atoms with van der Waals surface area (Å²) in [5, 5.41) is 16.3. The fraction of sp³-hybridized carbons (Fsp3) is 0.158. The molecule has 2 aromatic carbocycles. The standard InChI is InChI=1S/C19H18N2O4/c1-24-15-6-4-13(5-7-15)16-11-14(19(23)21-20-16)9-12-3-8-17(22)18(10-12)25-2/h3-8,10-11,22H,9H2,1-2H3,(H,21,23). The number of phenols is 1. The van der Waals surface area contributed by atoms with Crippen LogP contribution in [-0.4, -0.2) is 29.5 Å². The third-order valence-corrected chi connectivity index (χ3v) is 3.90. The molecule has 0 radical (unpaired) electrons. The summed E-state index contributed by atoms with van der Waals surface area (Å²) in [5.41, 5.74) is 2.73. The third kappa shape index (κ3) is 3.63. The summed E-state index contributed by atoms with van der Waals surface area (Å²) in [7, 11) is 3.09. The maximum Gasteiger partial charge on any atom is 0.267 e. The highest BCUT2D eigenvalue weighted by Gasteiger charge is 2.09. The Morgan fingerprint density at radius 1 is 1.04 bits per heavy atom. The Hall–Kier alpha value is -3.28. The highest BCUT2D eigenvalue weighted by molar-refractivity contribution is 5.60. The number of aromatic amines is 1. The molecule has 0 unspecified atom stereocenters. The number of benzene rings is 2. The van der Waals surface area contributed by atoms with Crippen molar-refractivity contribution in [3.63, 3.8) is 0 Å². The SMILES string of the molecule is COc1ccc(-c2cc(Cc3ccc(O)c(OC)c3)c(=O)[nH]n2)cc1. The van der Waals surface area contributed by atoms with E-state index < -0.39 is 0 Å². The van der Waals surface area contributed by atoms with Crippen LogP contribution in [0.5, 0.6) is 17.2 Å². The molecule has 3 aromatic rings. The van der Waals surface area contributed by atoms with Gasteiger partial charge in [0.15, 0.2) is 11.5 Å². The van der Waals surface area contributed by atoms with Gasteiger partial charge in [0.2, 0.25) is 0 Å². The van der Waals surface area contributed by atoms with Crippen molar-refractivity contribution in [3.05, 3.63) is 70.0 Å². The molecule has 0 bridgehead atoms. The molecule has 0 saturated heterocycles. The Balaban J connectivity index is 1.92. The van der Waals surface area contributed by atoms with Crippen LogP contribution in [0.2, 0.25) is 0 Å². The van der Waals surface area contributed by atoms with E-state index in [0.29, 0.717) is 23.4 Å². The highest BCUT2D eigenvalue weighted by atomic mass is 16.5. The van der Waals surface area contributed by atoms with Crippen LogP contribution in [-0.2, 0) is 6.42 Å². The Morgan fingerprint density at radius 2 is 1.80 bits per heavy atom. The molecule has 0 aliphatic heterocycles. The second-order valence-electron chi connectivity index (χ2n) is 5.52. The first kappa shape index (κ1) is 16.6. The number of methoxy groups -OCH3 is 2. The molecular formula is C19H18N2O4. The summed E-state index contributed by atoms with van der Waals surface area (Å²) < 4.78 is 10.3. The third-order valence-electron chi connectivity index (χ3n) is 3.90. The second kappa shape index (κ2) is 7.09. The monoisotopic (exact) mass is 338 g/mol. The lowest BCUT2D eigenvalue weighted by molar-refractivity contribution is 0.373. The molecule has 3 rings (SSSR count). The molecule has 128 valence electrons. The molecule has 0 fully saturated rings. The molecule has 6 nitrogen and oxygen atoms in total. The summed E-state index contributed by atoms with van der Waals surface area (Å²) >= 11 is 0. The van der Waals surface area contributed by atoms with Crippen LogP contribution in [0.4, 0.5) is 0 Å². The number of nitrogens with one attached hydrogen (secondary N) is 1. The van der Waals surface area contributed by atoms with Crippen molar-refractivity contribution < 1.29 is 14.6 Å². The van der Waals surface area contributed by atoms with E-state index in [1.165, 1.54) is 7.11 Å². The van der Waals surface area contributed by atoms with E-state index in [2.05, 4.69) is 10.2 Å². The summed E-state index contributed by atoms with van der Waals surface area (Å²) in [4.78, 5) is 12.1. The molecule has 0 atom stereocenters. The Bertz CT molecular complexity index is 933. The maximum absolute atomic E-state index is 12.1. The number of ether oxygens (including phenoxy) is 2. The van der Waals surface area contributed by atoms with Crippen molar-refractivity contribution in [2.45, 2.75) is 6.42 Å². The van der Waals surface area contributed by atoms with E-state index in [1.807, 2.05) is 24.3 Å². The van der Waals surface area contributed by atoms with Crippen molar-refractivity contribution in [2.75, 3.05) is 14.2 Å². The number of H-pyrrole nitrogens is 1. The lowest BCUT2D eigenvalue weighted by Gasteiger charge is -2.08. The first-order valence-electron chi connectivity index (χ1n) is 7.69. The largest absolute Gasteiger partial charge is 0.504 e. The summed E-state index contributed by atoms with van der Waals surface area (Å²) in [6.07, 6.45) is 0.400. The number of phenolic OH excluding ortho intramolecular Hbond substituents is 1. The number of hydrogen-bond acceptors (Lipinski definition) is 5. The average Bonchev–Trinajstić information content (AvgIpc) is 2.65. The summed E-state index contributed by atoms with van der Waals surface area (Å²) in [6.45, 7) is 0. The van der Waals surface area contributed by atoms with Gasteiger partial charge in [0.25, 0.3) is 5.56 Å². The quantitative estimate of drug-likeness (QED) is 0.747. The zero-order valence-corrected chi connectivity index (χ0v) is 13.9. The predicted octanol–water partition coefficient (Wildman–Crippen LogP) is 2.75. The van der Waals surface area contributed by atoms with E-state index in [0.717, 1.165) is 16.9 Å². The first-order chi connectivity index (χ1) is 12.1. The van der Waals surface area contributed by atoms with Gasteiger partial charge in [-0.2, -0.15) is 5.10 Å². The minimum atomic E-state index is -0.246. The second-order valence-corrected chi connectivity index (χ2v) is 5.52. The number of aromatic hydroxyl groups is 1. The number of hydrogen-bond donors (Lipinski definition) is 2. The van der Waals surface area contributed by atoms with E-state index in [-0.39, 0.29) is 11.3 Å². The van der Waals surface area contributed by atoms with Crippen LogP contribution >= 0.6 is 0 Å². The minimum absolute atomic E-state index is 0.0637. The van der Waals surface area contributed by atoms with Gasteiger partial charge in [-0.15, -0.1) is 0 Å². The zero-order valence-electron chi connectivity index (χ0n) is 13.9. The molecule has 25 heavy (non-hydrogen) atoms. The molecule has 0 aliphatic carbocycles. The van der Waals surface area contributed by atoms with E-state index in [1.54, 1.807) is 31.4 Å². The van der Waals surface area contributed by atoms with Gasteiger partial charge in [-0.05, 0) is 48.0 Å². The number of aromatic nitrogens is 2. The minimum Gasteiger partial charge on any atom is -0.504 e. The van der Waals surface area contributed by atoms with Crippen molar-refractivity contribution in [1.82, 2.24) is 10.2 Å². The smallest absolute Gasteiger partial charge is 0.267 e. The maximum atomic E-state index is 12.1. The lowest BCUT2D eigenvalue weighted by atomic mass is 10.0. The van der Waals surface area contributed by atoms with Crippen molar-refractivity contribution in [3.8, 4) is 28.5 Å². The molecular weight excluding hydrogens is 320 g/mol. The van der Waals surface area contributed by atoms with Gasteiger partial charge in [-0.1, -0.05) is 6.07 Å². The van der Waals surface area contributed by atoms with E-state index in [9.17, 15) is 9.90 Å². The molecule has 0 spiro atoms. The van der Waals surface area contributed by atoms with Crippen LogP contribution in [0.3, 0.4) is 0 Å². The molecule has 6 heteroatoms. The summed E-state index contributed by atoms with van der Waals surface area (Å²) in [6, 6.07) is 14.2. The topological polar surface area (TPSA) is 84.4 Å². The molecule has 1 aromatic heterocycles. The van der Waals surface area contributed by atoms with Gasteiger partial charge in [0.1, 0.15) is 5.75 Å². The predicted molar refractivity (Wildman–Crippen MR) is 94.3 cm³/mol. The van der Waals surface area contributed by atoms with Gasteiger partial charge < -0.3 is 14.6 Å². The van der Waals surface area contributed by atoms with Crippen molar-refractivity contribution in [2.24, 2.45) is 0 Å². The summed E-state index contributed by atoms with van der Waals surface area (Å²) in [5.74, 6) is 1.19. The van der Waals surface area contributed by atoms with Gasteiger partial charge in [-0.25, -0.2) is 5.10 Å². The molecule has 0 aliphatic rings. The van der Waals surface area contributed by atoms with Crippen LogP contribution in [0, 0.1) is 0 Å².